The van der Waals surface area contributed by atoms with Crippen LogP contribution in [-0.4, -0.2) is 6.54 Å². The fraction of sp³-hybridized carbons (Fsp3) is 0.143. The lowest BCUT2D eigenvalue weighted by atomic mass is 10.1. The second-order valence-electron chi connectivity index (χ2n) is 4.00. The van der Waals surface area contributed by atoms with Crippen LogP contribution in [0.25, 0.3) is 0 Å². The largest absolute Gasteiger partial charge is 0.396 e. The Bertz CT molecular complexity index is 541. The summed E-state index contributed by atoms with van der Waals surface area (Å²) in [5.74, 6) is -0.673. The van der Waals surface area contributed by atoms with E-state index < -0.39 is 5.82 Å². The highest BCUT2D eigenvalue weighted by Gasteiger charge is 2.02. The molecule has 0 aliphatic heterocycles. The number of halogens is 2. The number of anilines is 2. The summed E-state index contributed by atoms with van der Waals surface area (Å²) in [5, 5.41) is 3.03. The zero-order valence-electron chi connectivity index (χ0n) is 9.79. The minimum Gasteiger partial charge on any atom is -0.396 e. The predicted molar refractivity (Wildman–Crippen MR) is 69.4 cm³/mol. The van der Waals surface area contributed by atoms with Gasteiger partial charge in [-0.05, 0) is 36.2 Å². The Morgan fingerprint density at radius 2 is 1.78 bits per heavy atom. The summed E-state index contributed by atoms with van der Waals surface area (Å²) in [6, 6.07) is 11.1. The SMILES string of the molecule is Nc1ccc(NCCc2ccccc2F)cc1F. The molecule has 0 bridgehead atoms. The van der Waals surface area contributed by atoms with E-state index in [0.29, 0.717) is 24.2 Å². The van der Waals surface area contributed by atoms with Crippen LogP contribution in [0.1, 0.15) is 5.56 Å². The van der Waals surface area contributed by atoms with Gasteiger partial charge in [0.1, 0.15) is 11.6 Å². The average Bonchev–Trinajstić information content (AvgIpc) is 2.36. The molecule has 94 valence electrons. The molecule has 0 aliphatic rings. The van der Waals surface area contributed by atoms with Crippen LogP contribution in [0.3, 0.4) is 0 Å². The second-order valence-corrected chi connectivity index (χ2v) is 4.00. The fourth-order valence-corrected chi connectivity index (χ4v) is 1.68. The van der Waals surface area contributed by atoms with Crippen molar-refractivity contribution in [3.63, 3.8) is 0 Å². The van der Waals surface area contributed by atoms with E-state index in [1.807, 2.05) is 0 Å². The Hall–Kier alpha value is -2.10. The summed E-state index contributed by atoms with van der Waals surface area (Å²) in [5.41, 5.74) is 6.77. The van der Waals surface area contributed by atoms with Crippen molar-refractivity contribution in [3.05, 3.63) is 59.7 Å². The van der Waals surface area contributed by atoms with Crippen molar-refractivity contribution in [1.29, 1.82) is 0 Å². The number of hydrogen-bond acceptors (Lipinski definition) is 2. The lowest BCUT2D eigenvalue weighted by Crippen LogP contribution is -2.06. The standard InChI is InChI=1S/C14H14F2N2/c15-12-4-2-1-3-10(12)7-8-18-11-5-6-14(17)13(16)9-11/h1-6,9,18H,7-8,17H2. The number of nitrogens with one attached hydrogen (secondary N) is 1. The van der Waals surface area contributed by atoms with Gasteiger partial charge in [0.15, 0.2) is 0 Å². The fourth-order valence-electron chi connectivity index (χ4n) is 1.68. The highest BCUT2D eigenvalue weighted by molar-refractivity contribution is 5.52. The molecule has 0 amide bonds. The Labute approximate surface area is 104 Å². The zero-order valence-corrected chi connectivity index (χ0v) is 9.79. The third-order valence-electron chi connectivity index (χ3n) is 2.68. The highest BCUT2D eigenvalue weighted by atomic mass is 19.1. The number of rotatable bonds is 4. The van der Waals surface area contributed by atoms with Crippen LogP contribution in [0.2, 0.25) is 0 Å². The van der Waals surface area contributed by atoms with Crippen LogP contribution in [0.5, 0.6) is 0 Å². The molecule has 4 heteroatoms. The molecule has 0 atom stereocenters. The first-order valence-corrected chi connectivity index (χ1v) is 5.69. The maximum Gasteiger partial charge on any atom is 0.148 e. The molecule has 3 N–H and O–H groups in total. The third kappa shape index (κ3) is 2.97. The maximum atomic E-state index is 13.3. The minimum absolute atomic E-state index is 0.120. The van der Waals surface area contributed by atoms with E-state index in [1.165, 1.54) is 18.2 Å². The Balaban J connectivity index is 1.92. The molecule has 2 nitrogen and oxygen atoms in total. The summed E-state index contributed by atoms with van der Waals surface area (Å²) in [6.07, 6.45) is 0.540. The van der Waals surface area contributed by atoms with Crippen molar-refractivity contribution in [1.82, 2.24) is 0 Å². The van der Waals surface area contributed by atoms with Crippen LogP contribution in [0.4, 0.5) is 20.2 Å². The van der Waals surface area contributed by atoms with E-state index in [-0.39, 0.29) is 11.5 Å². The molecule has 0 unspecified atom stereocenters. The molecule has 0 saturated carbocycles. The lowest BCUT2D eigenvalue weighted by molar-refractivity contribution is 0.610. The normalized spacial score (nSPS) is 10.3. The molecule has 2 rings (SSSR count). The molecular formula is C14H14F2N2. The van der Waals surface area contributed by atoms with E-state index >= 15 is 0 Å². The number of nitrogens with two attached hydrogens (primary N) is 1. The molecule has 2 aromatic rings. The van der Waals surface area contributed by atoms with Gasteiger partial charge in [-0.3, -0.25) is 0 Å². The van der Waals surface area contributed by atoms with Gasteiger partial charge >= 0.3 is 0 Å². The average molecular weight is 248 g/mol. The molecule has 0 heterocycles. The molecule has 0 fully saturated rings. The molecule has 0 aliphatic carbocycles. The maximum absolute atomic E-state index is 13.3. The van der Waals surface area contributed by atoms with Crippen molar-refractivity contribution in [2.75, 3.05) is 17.6 Å². The van der Waals surface area contributed by atoms with E-state index in [4.69, 9.17) is 5.73 Å². The van der Waals surface area contributed by atoms with Crippen molar-refractivity contribution in [2.24, 2.45) is 0 Å². The van der Waals surface area contributed by atoms with Crippen LogP contribution in [0, 0.1) is 11.6 Å². The summed E-state index contributed by atoms with van der Waals surface area (Å²) in [6.45, 7) is 0.532. The third-order valence-corrected chi connectivity index (χ3v) is 2.68. The lowest BCUT2D eigenvalue weighted by Gasteiger charge is -2.08. The van der Waals surface area contributed by atoms with Gasteiger partial charge in [-0.25, -0.2) is 8.78 Å². The topological polar surface area (TPSA) is 38.0 Å². The number of nitrogen functional groups attached to an aromatic ring is 1. The first-order chi connectivity index (χ1) is 8.66. The monoisotopic (exact) mass is 248 g/mol. The van der Waals surface area contributed by atoms with Crippen molar-refractivity contribution < 1.29 is 8.78 Å². The first kappa shape index (κ1) is 12.4. The molecule has 0 aromatic heterocycles. The van der Waals surface area contributed by atoms with Crippen molar-refractivity contribution >= 4 is 11.4 Å². The van der Waals surface area contributed by atoms with E-state index in [2.05, 4.69) is 5.32 Å². The molecule has 18 heavy (non-hydrogen) atoms. The van der Waals surface area contributed by atoms with Crippen LogP contribution in [0.15, 0.2) is 42.5 Å². The zero-order chi connectivity index (χ0) is 13.0. The number of hydrogen-bond donors (Lipinski definition) is 2. The van der Waals surface area contributed by atoms with Gasteiger partial charge in [-0.2, -0.15) is 0 Å². The van der Waals surface area contributed by atoms with E-state index in [0.717, 1.165) is 0 Å². The van der Waals surface area contributed by atoms with Crippen molar-refractivity contribution in [3.8, 4) is 0 Å². The van der Waals surface area contributed by atoms with E-state index in [1.54, 1.807) is 24.3 Å². The van der Waals surface area contributed by atoms with Crippen LogP contribution >= 0.6 is 0 Å². The summed E-state index contributed by atoms with van der Waals surface area (Å²) < 4.78 is 26.5. The van der Waals surface area contributed by atoms with Gasteiger partial charge in [0.25, 0.3) is 0 Å². The quantitative estimate of drug-likeness (QED) is 0.815. The van der Waals surface area contributed by atoms with Gasteiger partial charge in [0.2, 0.25) is 0 Å². The minimum atomic E-state index is -0.453. The second kappa shape index (κ2) is 5.49. The Morgan fingerprint density at radius 1 is 1.00 bits per heavy atom. The van der Waals surface area contributed by atoms with Gasteiger partial charge in [0, 0.05) is 12.2 Å². The summed E-state index contributed by atoms with van der Waals surface area (Å²) >= 11 is 0. The molecule has 0 spiro atoms. The molecular weight excluding hydrogens is 234 g/mol. The van der Waals surface area contributed by atoms with Crippen molar-refractivity contribution in [2.45, 2.75) is 6.42 Å². The van der Waals surface area contributed by atoms with E-state index in [9.17, 15) is 8.78 Å². The molecule has 0 radical (unpaired) electrons. The first-order valence-electron chi connectivity index (χ1n) is 5.69. The summed E-state index contributed by atoms with van der Waals surface area (Å²) in [7, 11) is 0. The Morgan fingerprint density at radius 3 is 2.50 bits per heavy atom. The van der Waals surface area contributed by atoms with Gasteiger partial charge in [0.05, 0.1) is 5.69 Å². The summed E-state index contributed by atoms with van der Waals surface area (Å²) in [4.78, 5) is 0. The molecule has 2 aromatic carbocycles. The predicted octanol–water partition coefficient (Wildman–Crippen LogP) is 3.20. The van der Waals surface area contributed by atoms with Crippen LogP contribution < -0.4 is 11.1 Å². The van der Waals surface area contributed by atoms with Gasteiger partial charge in [-0.1, -0.05) is 18.2 Å². The smallest absolute Gasteiger partial charge is 0.148 e. The highest BCUT2D eigenvalue weighted by Crippen LogP contribution is 2.16. The van der Waals surface area contributed by atoms with Gasteiger partial charge < -0.3 is 11.1 Å². The Kier molecular flexibility index (Phi) is 3.77. The molecule has 0 saturated heterocycles. The van der Waals surface area contributed by atoms with Crippen LogP contribution in [-0.2, 0) is 6.42 Å². The van der Waals surface area contributed by atoms with Gasteiger partial charge in [-0.15, -0.1) is 0 Å². The number of benzene rings is 2.